The summed E-state index contributed by atoms with van der Waals surface area (Å²) in [7, 11) is 1.80. The van der Waals surface area contributed by atoms with Crippen molar-refractivity contribution in [3.63, 3.8) is 0 Å². The van der Waals surface area contributed by atoms with Crippen LogP contribution in [0.4, 0.5) is 11.5 Å². The zero-order chi connectivity index (χ0) is 14.7. The van der Waals surface area contributed by atoms with Crippen LogP contribution in [0.3, 0.4) is 0 Å². The number of aromatic nitrogens is 2. The third kappa shape index (κ3) is 3.03. The molecule has 2 heterocycles. The maximum atomic E-state index is 6.02. The molecule has 0 fully saturated rings. The molecular weight excluding hydrogens is 288 g/mol. The van der Waals surface area contributed by atoms with E-state index in [0.717, 1.165) is 43.2 Å². The fourth-order valence-corrected chi connectivity index (χ4v) is 2.67. The lowest BCUT2D eigenvalue weighted by atomic mass is 10.1. The second kappa shape index (κ2) is 6.18. The molecule has 110 valence electrons. The van der Waals surface area contributed by atoms with Crippen molar-refractivity contribution in [2.45, 2.75) is 12.8 Å². The van der Waals surface area contributed by atoms with Crippen LogP contribution >= 0.6 is 11.6 Å². The number of nitrogens with zero attached hydrogens (tertiary/aromatic N) is 2. The summed E-state index contributed by atoms with van der Waals surface area (Å²) >= 11 is 6.02. The topological polar surface area (TPSA) is 59.1 Å². The summed E-state index contributed by atoms with van der Waals surface area (Å²) in [6, 6.07) is 6.38. The Balaban J connectivity index is 1.63. The second-order valence-electron chi connectivity index (χ2n) is 4.86. The molecule has 0 saturated heterocycles. The van der Waals surface area contributed by atoms with E-state index in [-0.39, 0.29) is 0 Å². The van der Waals surface area contributed by atoms with E-state index in [4.69, 9.17) is 16.3 Å². The van der Waals surface area contributed by atoms with Gasteiger partial charge in [-0.3, -0.25) is 0 Å². The smallest absolute Gasteiger partial charge is 0.157 e. The Bertz CT molecular complexity index is 648. The first-order valence-corrected chi connectivity index (χ1v) is 7.32. The van der Waals surface area contributed by atoms with Crippen molar-refractivity contribution in [1.29, 1.82) is 0 Å². The van der Waals surface area contributed by atoms with Crippen molar-refractivity contribution in [2.24, 2.45) is 0 Å². The van der Waals surface area contributed by atoms with E-state index in [0.29, 0.717) is 5.15 Å². The molecule has 1 aliphatic heterocycles. The van der Waals surface area contributed by atoms with Gasteiger partial charge in [0, 0.05) is 20.0 Å². The summed E-state index contributed by atoms with van der Waals surface area (Å²) in [6.07, 6.45) is 3.37. The van der Waals surface area contributed by atoms with E-state index in [2.05, 4.69) is 38.8 Å². The molecule has 0 spiro atoms. The van der Waals surface area contributed by atoms with Crippen LogP contribution in [0.25, 0.3) is 0 Å². The van der Waals surface area contributed by atoms with E-state index >= 15 is 0 Å². The molecule has 1 aliphatic rings. The molecule has 1 aromatic heterocycles. The molecule has 0 bridgehead atoms. The van der Waals surface area contributed by atoms with Gasteiger partial charge < -0.3 is 15.4 Å². The van der Waals surface area contributed by atoms with Gasteiger partial charge >= 0.3 is 0 Å². The summed E-state index contributed by atoms with van der Waals surface area (Å²) < 4.78 is 5.52. The summed E-state index contributed by atoms with van der Waals surface area (Å²) in [5.74, 6) is 1.74. The number of hydrogen-bond acceptors (Lipinski definition) is 5. The molecule has 2 N–H and O–H groups in total. The maximum Gasteiger partial charge on any atom is 0.157 e. The first kappa shape index (κ1) is 13.9. The van der Waals surface area contributed by atoms with Gasteiger partial charge in [0.25, 0.3) is 0 Å². The zero-order valence-electron chi connectivity index (χ0n) is 11.8. The molecule has 6 heteroatoms. The van der Waals surface area contributed by atoms with Crippen LogP contribution in [0.5, 0.6) is 5.75 Å². The molecule has 0 radical (unpaired) electrons. The molecule has 0 unspecified atom stereocenters. The zero-order valence-corrected chi connectivity index (χ0v) is 12.6. The monoisotopic (exact) mass is 304 g/mol. The standard InChI is InChI=1S/C15H17ClN4O/c1-17-13-14(16)19-9-20-15(13)18-6-4-10-2-3-12-11(8-10)5-7-21-12/h2-3,8-9,17H,4-7H2,1H3,(H,18,19,20). The van der Waals surface area contributed by atoms with E-state index in [9.17, 15) is 0 Å². The number of fused-ring (bicyclic) bond motifs is 1. The normalized spacial score (nSPS) is 12.7. The van der Waals surface area contributed by atoms with Crippen LogP contribution in [-0.4, -0.2) is 30.2 Å². The lowest BCUT2D eigenvalue weighted by molar-refractivity contribution is 0.357. The van der Waals surface area contributed by atoms with Crippen molar-refractivity contribution in [2.75, 3.05) is 30.8 Å². The van der Waals surface area contributed by atoms with Gasteiger partial charge in [-0.25, -0.2) is 9.97 Å². The molecule has 0 saturated carbocycles. The SMILES string of the molecule is CNc1c(Cl)ncnc1NCCc1ccc2c(c1)CCO2. The van der Waals surface area contributed by atoms with Crippen LogP contribution in [0.15, 0.2) is 24.5 Å². The molecule has 21 heavy (non-hydrogen) atoms. The molecule has 0 amide bonds. The number of halogens is 1. The van der Waals surface area contributed by atoms with Crippen molar-refractivity contribution in [3.8, 4) is 5.75 Å². The Morgan fingerprint density at radius 1 is 1.33 bits per heavy atom. The minimum Gasteiger partial charge on any atom is -0.493 e. The number of ether oxygens (including phenoxy) is 1. The molecule has 1 aromatic carbocycles. The first-order chi connectivity index (χ1) is 10.3. The van der Waals surface area contributed by atoms with Gasteiger partial charge in [-0.2, -0.15) is 0 Å². The third-order valence-corrected chi connectivity index (χ3v) is 3.80. The Kier molecular flexibility index (Phi) is 4.10. The first-order valence-electron chi connectivity index (χ1n) is 6.94. The predicted octanol–water partition coefficient (Wildman–Crippen LogP) is 2.76. The molecule has 0 atom stereocenters. The Hall–Kier alpha value is -2.01. The minimum atomic E-state index is 0.421. The Morgan fingerprint density at radius 3 is 3.10 bits per heavy atom. The lowest BCUT2D eigenvalue weighted by Crippen LogP contribution is -2.09. The Morgan fingerprint density at radius 2 is 2.24 bits per heavy atom. The van der Waals surface area contributed by atoms with Crippen molar-refractivity contribution < 1.29 is 4.74 Å². The van der Waals surface area contributed by atoms with Gasteiger partial charge in [-0.15, -0.1) is 0 Å². The van der Waals surface area contributed by atoms with Gasteiger partial charge in [-0.05, 0) is 23.6 Å². The van der Waals surface area contributed by atoms with Crippen LogP contribution in [0.1, 0.15) is 11.1 Å². The summed E-state index contributed by atoms with van der Waals surface area (Å²) in [6.45, 7) is 1.57. The van der Waals surface area contributed by atoms with Gasteiger partial charge in [0.05, 0.1) is 6.61 Å². The number of anilines is 2. The highest BCUT2D eigenvalue weighted by atomic mass is 35.5. The van der Waals surface area contributed by atoms with Gasteiger partial charge in [0.2, 0.25) is 0 Å². The van der Waals surface area contributed by atoms with E-state index < -0.39 is 0 Å². The summed E-state index contributed by atoms with van der Waals surface area (Å²) in [5, 5.41) is 6.72. The molecular formula is C15H17ClN4O. The molecule has 3 rings (SSSR count). The van der Waals surface area contributed by atoms with Crippen molar-refractivity contribution in [3.05, 3.63) is 40.8 Å². The largest absolute Gasteiger partial charge is 0.493 e. The van der Waals surface area contributed by atoms with Gasteiger partial charge in [0.1, 0.15) is 17.8 Å². The third-order valence-electron chi connectivity index (χ3n) is 3.51. The quantitative estimate of drug-likeness (QED) is 0.832. The lowest BCUT2D eigenvalue weighted by Gasteiger charge is -2.11. The molecule has 5 nitrogen and oxygen atoms in total. The van der Waals surface area contributed by atoms with E-state index in [1.165, 1.54) is 17.5 Å². The van der Waals surface area contributed by atoms with Crippen molar-refractivity contribution >= 4 is 23.1 Å². The fraction of sp³-hybridized carbons (Fsp3) is 0.333. The van der Waals surface area contributed by atoms with Crippen molar-refractivity contribution in [1.82, 2.24) is 9.97 Å². The van der Waals surface area contributed by atoms with Gasteiger partial charge in [0.15, 0.2) is 11.0 Å². The number of hydrogen-bond donors (Lipinski definition) is 2. The number of nitrogens with one attached hydrogen (secondary N) is 2. The predicted molar refractivity (Wildman–Crippen MR) is 84.4 cm³/mol. The second-order valence-corrected chi connectivity index (χ2v) is 5.21. The van der Waals surface area contributed by atoms with E-state index in [1.807, 2.05) is 0 Å². The minimum absolute atomic E-state index is 0.421. The molecule has 0 aliphatic carbocycles. The highest BCUT2D eigenvalue weighted by molar-refractivity contribution is 6.32. The number of benzene rings is 1. The van der Waals surface area contributed by atoms with Crippen LogP contribution in [-0.2, 0) is 12.8 Å². The van der Waals surface area contributed by atoms with E-state index in [1.54, 1.807) is 7.05 Å². The molecule has 2 aromatic rings. The van der Waals surface area contributed by atoms with Crippen LogP contribution in [0.2, 0.25) is 5.15 Å². The van der Waals surface area contributed by atoms with Crippen LogP contribution in [0, 0.1) is 0 Å². The van der Waals surface area contributed by atoms with Crippen LogP contribution < -0.4 is 15.4 Å². The summed E-state index contributed by atoms with van der Waals surface area (Å²) in [5.41, 5.74) is 3.31. The average Bonchev–Trinajstić information content (AvgIpc) is 2.95. The summed E-state index contributed by atoms with van der Waals surface area (Å²) in [4.78, 5) is 8.16. The average molecular weight is 305 g/mol. The highest BCUT2D eigenvalue weighted by Gasteiger charge is 2.12. The fourth-order valence-electron chi connectivity index (χ4n) is 2.44. The Labute approximate surface area is 128 Å². The number of rotatable bonds is 5. The van der Waals surface area contributed by atoms with Gasteiger partial charge in [-0.1, -0.05) is 23.7 Å². The highest BCUT2D eigenvalue weighted by Crippen LogP contribution is 2.27. The maximum absolute atomic E-state index is 6.02.